The van der Waals surface area contributed by atoms with Crippen molar-refractivity contribution < 1.29 is 9.90 Å². The standard InChI is InChI=1S/C19H18N4O2/c1-12-19(23-18(25)10-13-2-8-16(24)9-3-13)21-11-17(22-12)14-4-6-15(20)7-5-14/h2-9,11,24H,10,20H2,1H3,(H,21,23,25). The summed E-state index contributed by atoms with van der Waals surface area (Å²) in [5.74, 6) is 0.412. The first-order valence-corrected chi connectivity index (χ1v) is 7.78. The first kappa shape index (κ1) is 16.4. The fourth-order valence-electron chi connectivity index (χ4n) is 2.37. The third-order valence-electron chi connectivity index (χ3n) is 3.71. The van der Waals surface area contributed by atoms with E-state index in [1.54, 1.807) is 49.5 Å². The van der Waals surface area contributed by atoms with Crippen molar-refractivity contribution in [2.24, 2.45) is 0 Å². The quantitative estimate of drug-likeness (QED) is 0.637. The van der Waals surface area contributed by atoms with Crippen LogP contribution in [0.15, 0.2) is 54.7 Å². The maximum Gasteiger partial charge on any atom is 0.229 e. The average Bonchev–Trinajstić information content (AvgIpc) is 2.59. The third-order valence-corrected chi connectivity index (χ3v) is 3.71. The Hall–Kier alpha value is -3.41. The molecule has 0 aliphatic rings. The second kappa shape index (κ2) is 7.00. The van der Waals surface area contributed by atoms with E-state index in [-0.39, 0.29) is 18.1 Å². The van der Waals surface area contributed by atoms with Gasteiger partial charge in [0.15, 0.2) is 5.82 Å². The van der Waals surface area contributed by atoms with E-state index in [1.807, 2.05) is 12.1 Å². The zero-order valence-corrected chi connectivity index (χ0v) is 13.7. The van der Waals surface area contributed by atoms with Crippen molar-refractivity contribution in [3.63, 3.8) is 0 Å². The number of nitrogens with zero attached hydrogens (tertiary/aromatic N) is 2. The number of hydrogen-bond donors (Lipinski definition) is 3. The minimum absolute atomic E-state index is 0.170. The largest absolute Gasteiger partial charge is 0.508 e. The van der Waals surface area contributed by atoms with Gasteiger partial charge in [0, 0.05) is 11.3 Å². The Bertz CT molecular complexity index is 890. The molecule has 0 fully saturated rings. The Kier molecular flexibility index (Phi) is 4.61. The number of aromatic hydroxyl groups is 1. The predicted molar refractivity (Wildman–Crippen MR) is 97.1 cm³/mol. The van der Waals surface area contributed by atoms with Gasteiger partial charge < -0.3 is 16.2 Å². The lowest BCUT2D eigenvalue weighted by atomic mass is 10.1. The molecule has 0 atom stereocenters. The van der Waals surface area contributed by atoms with Crippen LogP contribution in [-0.4, -0.2) is 21.0 Å². The van der Waals surface area contributed by atoms with Crippen LogP contribution < -0.4 is 11.1 Å². The van der Waals surface area contributed by atoms with Crippen molar-refractivity contribution in [3.05, 3.63) is 66.0 Å². The number of aromatic nitrogens is 2. The van der Waals surface area contributed by atoms with Gasteiger partial charge in [-0.15, -0.1) is 0 Å². The summed E-state index contributed by atoms with van der Waals surface area (Å²) in [6, 6.07) is 13.9. The van der Waals surface area contributed by atoms with Gasteiger partial charge in [0.1, 0.15) is 5.75 Å². The smallest absolute Gasteiger partial charge is 0.229 e. The fourth-order valence-corrected chi connectivity index (χ4v) is 2.37. The number of nitrogens with one attached hydrogen (secondary N) is 1. The minimum atomic E-state index is -0.191. The number of rotatable bonds is 4. The van der Waals surface area contributed by atoms with Crippen LogP contribution in [-0.2, 0) is 11.2 Å². The molecule has 0 aliphatic carbocycles. The predicted octanol–water partition coefficient (Wildman–Crippen LogP) is 2.92. The Morgan fingerprint density at radius 1 is 1.12 bits per heavy atom. The van der Waals surface area contributed by atoms with Gasteiger partial charge >= 0.3 is 0 Å². The highest BCUT2D eigenvalue weighted by Crippen LogP contribution is 2.20. The lowest BCUT2D eigenvalue weighted by Crippen LogP contribution is -2.16. The summed E-state index contributed by atoms with van der Waals surface area (Å²) in [4.78, 5) is 21.0. The van der Waals surface area contributed by atoms with Crippen LogP contribution in [0.25, 0.3) is 11.3 Å². The monoisotopic (exact) mass is 334 g/mol. The molecule has 6 heteroatoms. The molecule has 0 unspecified atom stereocenters. The molecule has 1 aromatic heterocycles. The summed E-state index contributed by atoms with van der Waals surface area (Å²) in [6.07, 6.45) is 1.82. The van der Waals surface area contributed by atoms with E-state index in [0.29, 0.717) is 22.9 Å². The Morgan fingerprint density at radius 3 is 2.44 bits per heavy atom. The molecule has 0 spiro atoms. The number of benzene rings is 2. The van der Waals surface area contributed by atoms with Crippen molar-refractivity contribution >= 4 is 17.4 Å². The highest BCUT2D eigenvalue weighted by atomic mass is 16.3. The van der Waals surface area contributed by atoms with Gasteiger partial charge in [0.05, 0.1) is 24.0 Å². The molecule has 6 nitrogen and oxygen atoms in total. The number of phenolic OH excluding ortho intramolecular Hbond substituents is 1. The summed E-state index contributed by atoms with van der Waals surface area (Å²) in [5.41, 5.74) is 9.44. The van der Waals surface area contributed by atoms with Crippen molar-refractivity contribution in [2.75, 3.05) is 11.1 Å². The lowest BCUT2D eigenvalue weighted by Gasteiger charge is -2.09. The molecule has 0 radical (unpaired) electrons. The molecule has 0 saturated heterocycles. The maximum atomic E-state index is 12.2. The summed E-state index contributed by atoms with van der Waals surface area (Å²) >= 11 is 0. The van der Waals surface area contributed by atoms with Gasteiger partial charge in [-0.2, -0.15) is 0 Å². The van der Waals surface area contributed by atoms with Crippen LogP contribution in [0.5, 0.6) is 5.75 Å². The number of carbonyl (C=O) groups is 1. The molecular formula is C19H18N4O2. The van der Waals surface area contributed by atoms with E-state index in [1.165, 1.54) is 0 Å². The topological polar surface area (TPSA) is 101 Å². The Morgan fingerprint density at radius 2 is 1.80 bits per heavy atom. The maximum absolute atomic E-state index is 12.2. The van der Waals surface area contributed by atoms with Crippen LogP contribution >= 0.6 is 0 Å². The fraction of sp³-hybridized carbons (Fsp3) is 0.105. The summed E-state index contributed by atoms with van der Waals surface area (Å²) in [7, 11) is 0. The molecule has 0 aliphatic heterocycles. The number of anilines is 2. The SMILES string of the molecule is Cc1nc(-c2ccc(N)cc2)cnc1NC(=O)Cc1ccc(O)cc1. The van der Waals surface area contributed by atoms with Crippen LogP contribution in [0.2, 0.25) is 0 Å². The van der Waals surface area contributed by atoms with E-state index >= 15 is 0 Å². The highest BCUT2D eigenvalue weighted by Gasteiger charge is 2.10. The summed E-state index contributed by atoms with van der Waals surface area (Å²) in [5, 5.41) is 12.0. The Labute approximate surface area is 145 Å². The molecule has 3 rings (SSSR count). The number of hydrogen-bond acceptors (Lipinski definition) is 5. The van der Waals surface area contributed by atoms with E-state index < -0.39 is 0 Å². The van der Waals surface area contributed by atoms with Crippen LogP contribution in [0.4, 0.5) is 11.5 Å². The second-order valence-electron chi connectivity index (χ2n) is 5.70. The van der Waals surface area contributed by atoms with E-state index in [9.17, 15) is 9.90 Å². The first-order valence-electron chi connectivity index (χ1n) is 7.78. The van der Waals surface area contributed by atoms with Crippen molar-refractivity contribution in [1.29, 1.82) is 0 Å². The molecule has 0 bridgehead atoms. The van der Waals surface area contributed by atoms with Crippen LogP contribution in [0.3, 0.4) is 0 Å². The molecule has 25 heavy (non-hydrogen) atoms. The molecule has 4 N–H and O–H groups in total. The molecule has 2 aromatic carbocycles. The second-order valence-corrected chi connectivity index (χ2v) is 5.70. The van der Waals surface area contributed by atoms with Gasteiger partial charge in [-0.3, -0.25) is 4.79 Å². The van der Waals surface area contributed by atoms with Crippen molar-refractivity contribution in [1.82, 2.24) is 9.97 Å². The Balaban J connectivity index is 1.71. The summed E-state index contributed by atoms with van der Waals surface area (Å²) < 4.78 is 0. The number of carbonyl (C=O) groups excluding carboxylic acids is 1. The van der Waals surface area contributed by atoms with E-state index in [2.05, 4.69) is 15.3 Å². The van der Waals surface area contributed by atoms with Gasteiger partial charge in [-0.1, -0.05) is 24.3 Å². The van der Waals surface area contributed by atoms with Crippen molar-refractivity contribution in [2.45, 2.75) is 13.3 Å². The zero-order valence-electron chi connectivity index (χ0n) is 13.7. The van der Waals surface area contributed by atoms with Crippen molar-refractivity contribution in [3.8, 4) is 17.0 Å². The molecular weight excluding hydrogens is 316 g/mol. The molecule has 0 saturated carbocycles. The zero-order chi connectivity index (χ0) is 17.8. The minimum Gasteiger partial charge on any atom is -0.508 e. The van der Waals surface area contributed by atoms with Gasteiger partial charge in [-0.05, 0) is 36.8 Å². The first-order chi connectivity index (χ1) is 12.0. The molecule has 1 heterocycles. The molecule has 3 aromatic rings. The molecule has 126 valence electrons. The number of nitrogen functional groups attached to an aromatic ring is 1. The van der Waals surface area contributed by atoms with Gasteiger partial charge in [-0.25, -0.2) is 9.97 Å². The van der Waals surface area contributed by atoms with Gasteiger partial charge in [0.2, 0.25) is 5.91 Å². The number of phenols is 1. The van der Waals surface area contributed by atoms with E-state index in [4.69, 9.17) is 5.73 Å². The normalized spacial score (nSPS) is 10.4. The lowest BCUT2D eigenvalue weighted by molar-refractivity contribution is -0.115. The number of aryl methyl sites for hydroxylation is 1. The highest BCUT2D eigenvalue weighted by molar-refractivity contribution is 5.91. The molecule has 1 amide bonds. The van der Waals surface area contributed by atoms with E-state index in [0.717, 1.165) is 11.1 Å². The van der Waals surface area contributed by atoms with Crippen LogP contribution in [0, 0.1) is 6.92 Å². The van der Waals surface area contributed by atoms with Gasteiger partial charge in [0.25, 0.3) is 0 Å². The van der Waals surface area contributed by atoms with Crippen LogP contribution in [0.1, 0.15) is 11.3 Å². The summed E-state index contributed by atoms with van der Waals surface area (Å²) in [6.45, 7) is 1.80. The third kappa shape index (κ3) is 4.11. The number of nitrogens with two attached hydrogens (primary N) is 1. The average molecular weight is 334 g/mol. The number of amides is 1.